The third-order valence-electron chi connectivity index (χ3n) is 2.55. The van der Waals surface area contributed by atoms with E-state index < -0.39 is 0 Å². The lowest BCUT2D eigenvalue weighted by molar-refractivity contribution is -0.111. The molecule has 20 heavy (non-hydrogen) atoms. The van der Waals surface area contributed by atoms with Crippen molar-refractivity contribution < 1.29 is 13.9 Å². The third kappa shape index (κ3) is 4.02. The molecule has 0 fully saturated rings. The quantitative estimate of drug-likeness (QED) is 0.815. The van der Waals surface area contributed by atoms with Crippen LogP contribution >= 0.6 is 0 Å². The predicted octanol–water partition coefficient (Wildman–Crippen LogP) is 3.72. The first-order chi connectivity index (χ1) is 9.79. The van der Waals surface area contributed by atoms with Crippen molar-refractivity contribution in [2.45, 2.75) is 13.3 Å². The SMILES string of the molecule is CCCOc1ccccc1NC(=O)C=Cc1ccco1. The molecule has 0 aliphatic carbocycles. The van der Waals surface area contributed by atoms with E-state index >= 15 is 0 Å². The molecule has 2 rings (SSSR count). The second-order valence-electron chi connectivity index (χ2n) is 4.18. The Balaban J connectivity index is 2.00. The van der Waals surface area contributed by atoms with E-state index in [1.54, 1.807) is 24.5 Å². The smallest absolute Gasteiger partial charge is 0.248 e. The molecule has 4 nitrogen and oxygen atoms in total. The van der Waals surface area contributed by atoms with Crippen LogP contribution in [0.2, 0.25) is 0 Å². The van der Waals surface area contributed by atoms with Crippen molar-refractivity contribution in [2.24, 2.45) is 0 Å². The van der Waals surface area contributed by atoms with Gasteiger partial charge in [-0.05, 0) is 36.8 Å². The molecule has 0 unspecified atom stereocenters. The maximum atomic E-state index is 11.8. The summed E-state index contributed by atoms with van der Waals surface area (Å²) in [6.07, 6.45) is 5.52. The Morgan fingerprint density at radius 2 is 2.15 bits per heavy atom. The van der Waals surface area contributed by atoms with Gasteiger partial charge in [-0.2, -0.15) is 0 Å². The molecule has 1 N–H and O–H groups in total. The van der Waals surface area contributed by atoms with E-state index in [1.165, 1.54) is 6.08 Å². The molecule has 2 aromatic rings. The summed E-state index contributed by atoms with van der Waals surface area (Å²) < 4.78 is 10.7. The lowest BCUT2D eigenvalue weighted by atomic mass is 10.3. The summed E-state index contributed by atoms with van der Waals surface area (Å²) in [6.45, 7) is 2.66. The Morgan fingerprint density at radius 3 is 2.90 bits per heavy atom. The highest BCUT2D eigenvalue weighted by atomic mass is 16.5. The zero-order valence-corrected chi connectivity index (χ0v) is 11.3. The number of hydrogen-bond donors (Lipinski definition) is 1. The number of carbonyl (C=O) groups excluding carboxylic acids is 1. The molecule has 0 radical (unpaired) electrons. The second-order valence-corrected chi connectivity index (χ2v) is 4.18. The molecular weight excluding hydrogens is 254 g/mol. The summed E-state index contributed by atoms with van der Waals surface area (Å²) in [6, 6.07) is 10.9. The van der Waals surface area contributed by atoms with Gasteiger partial charge in [0.15, 0.2) is 0 Å². The van der Waals surface area contributed by atoms with Crippen molar-refractivity contribution in [1.29, 1.82) is 0 Å². The van der Waals surface area contributed by atoms with Gasteiger partial charge < -0.3 is 14.5 Å². The summed E-state index contributed by atoms with van der Waals surface area (Å²) in [5.41, 5.74) is 0.662. The summed E-state index contributed by atoms with van der Waals surface area (Å²) in [7, 11) is 0. The van der Waals surface area contributed by atoms with Gasteiger partial charge in [0.2, 0.25) is 5.91 Å². The molecule has 1 amide bonds. The Morgan fingerprint density at radius 1 is 1.30 bits per heavy atom. The van der Waals surface area contributed by atoms with E-state index in [2.05, 4.69) is 5.32 Å². The number of furan rings is 1. The van der Waals surface area contributed by atoms with Crippen molar-refractivity contribution >= 4 is 17.7 Å². The third-order valence-corrected chi connectivity index (χ3v) is 2.55. The molecular formula is C16H17NO3. The highest BCUT2D eigenvalue weighted by molar-refractivity contribution is 6.02. The molecule has 0 aliphatic rings. The molecule has 104 valence electrons. The van der Waals surface area contributed by atoms with Crippen LogP contribution in [0.5, 0.6) is 5.75 Å². The molecule has 0 aliphatic heterocycles. The minimum absolute atomic E-state index is 0.228. The number of benzene rings is 1. The van der Waals surface area contributed by atoms with E-state index in [-0.39, 0.29) is 5.91 Å². The van der Waals surface area contributed by atoms with E-state index in [4.69, 9.17) is 9.15 Å². The largest absolute Gasteiger partial charge is 0.491 e. The number of anilines is 1. The van der Waals surface area contributed by atoms with E-state index in [0.29, 0.717) is 23.8 Å². The number of hydrogen-bond acceptors (Lipinski definition) is 3. The number of amides is 1. The van der Waals surface area contributed by atoms with Crippen LogP contribution in [0.4, 0.5) is 5.69 Å². The average Bonchev–Trinajstić information content (AvgIpc) is 2.97. The van der Waals surface area contributed by atoms with Gasteiger partial charge in [-0.15, -0.1) is 0 Å². The predicted molar refractivity (Wildman–Crippen MR) is 78.6 cm³/mol. The number of carbonyl (C=O) groups is 1. The van der Waals surface area contributed by atoms with E-state index in [0.717, 1.165) is 6.42 Å². The maximum absolute atomic E-state index is 11.8. The second kappa shape index (κ2) is 7.19. The Hall–Kier alpha value is -2.49. The fourth-order valence-electron chi connectivity index (χ4n) is 1.63. The molecule has 0 spiro atoms. The average molecular weight is 271 g/mol. The van der Waals surface area contributed by atoms with Crippen LogP contribution in [-0.2, 0) is 4.79 Å². The van der Waals surface area contributed by atoms with Gasteiger partial charge in [0.1, 0.15) is 11.5 Å². The zero-order chi connectivity index (χ0) is 14.2. The molecule has 0 saturated carbocycles. The van der Waals surface area contributed by atoms with Crippen LogP contribution in [0.3, 0.4) is 0 Å². The maximum Gasteiger partial charge on any atom is 0.248 e. The van der Waals surface area contributed by atoms with Crippen molar-refractivity contribution in [3.8, 4) is 5.75 Å². The Labute approximate surface area is 118 Å². The summed E-state index contributed by atoms with van der Waals surface area (Å²) in [5.74, 6) is 1.08. The highest BCUT2D eigenvalue weighted by Crippen LogP contribution is 2.23. The van der Waals surface area contributed by atoms with Gasteiger partial charge in [-0.1, -0.05) is 19.1 Å². The molecule has 1 aromatic heterocycles. The molecule has 0 saturated heterocycles. The lowest BCUT2D eigenvalue weighted by Crippen LogP contribution is -2.09. The standard InChI is InChI=1S/C16H17NO3/c1-2-11-20-15-8-4-3-7-14(15)17-16(18)10-9-13-6-5-12-19-13/h3-10,12H,2,11H2,1H3,(H,17,18). The van der Waals surface area contributed by atoms with Crippen LogP contribution < -0.4 is 10.1 Å². The van der Waals surface area contributed by atoms with Crippen molar-refractivity contribution in [1.82, 2.24) is 0 Å². The van der Waals surface area contributed by atoms with Gasteiger partial charge in [-0.3, -0.25) is 4.79 Å². The van der Waals surface area contributed by atoms with Gasteiger partial charge in [-0.25, -0.2) is 0 Å². The Bertz CT molecular complexity index is 573. The number of nitrogens with one attached hydrogen (secondary N) is 1. The fraction of sp³-hybridized carbons (Fsp3) is 0.188. The molecule has 0 atom stereocenters. The van der Waals surface area contributed by atoms with Crippen LogP contribution in [0.1, 0.15) is 19.1 Å². The van der Waals surface area contributed by atoms with Crippen LogP contribution in [0, 0.1) is 0 Å². The molecule has 4 heteroatoms. The minimum atomic E-state index is -0.228. The fourth-order valence-corrected chi connectivity index (χ4v) is 1.63. The van der Waals surface area contributed by atoms with Crippen LogP contribution in [0.25, 0.3) is 6.08 Å². The number of para-hydroxylation sites is 2. The van der Waals surface area contributed by atoms with E-state index in [1.807, 2.05) is 31.2 Å². The topological polar surface area (TPSA) is 51.5 Å². The highest BCUT2D eigenvalue weighted by Gasteiger charge is 2.05. The van der Waals surface area contributed by atoms with Crippen molar-refractivity contribution in [3.05, 3.63) is 54.5 Å². The van der Waals surface area contributed by atoms with Crippen molar-refractivity contribution in [2.75, 3.05) is 11.9 Å². The monoisotopic (exact) mass is 271 g/mol. The number of ether oxygens (including phenoxy) is 1. The van der Waals surface area contributed by atoms with Gasteiger partial charge in [0, 0.05) is 6.08 Å². The minimum Gasteiger partial charge on any atom is -0.491 e. The zero-order valence-electron chi connectivity index (χ0n) is 11.3. The van der Waals surface area contributed by atoms with Gasteiger partial charge in [0.25, 0.3) is 0 Å². The van der Waals surface area contributed by atoms with Gasteiger partial charge in [0.05, 0.1) is 18.6 Å². The van der Waals surface area contributed by atoms with Crippen LogP contribution in [0.15, 0.2) is 53.2 Å². The summed E-state index contributed by atoms with van der Waals surface area (Å²) in [5, 5.41) is 2.79. The summed E-state index contributed by atoms with van der Waals surface area (Å²) >= 11 is 0. The Kier molecular flexibility index (Phi) is 5.00. The summed E-state index contributed by atoms with van der Waals surface area (Å²) in [4.78, 5) is 11.8. The van der Waals surface area contributed by atoms with E-state index in [9.17, 15) is 4.79 Å². The van der Waals surface area contributed by atoms with Crippen LogP contribution in [-0.4, -0.2) is 12.5 Å². The van der Waals surface area contributed by atoms with Crippen molar-refractivity contribution in [3.63, 3.8) is 0 Å². The van der Waals surface area contributed by atoms with Gasteiger partial charge >= 0.3 is 0 Å². The number of rotatable bonds is 6. The lowest BCUT2D eigenvalue weighted by Gasteiger charge is -2.10. The molecule has 0 bridgehead atoms. The molecule has 1 aromatic carbocycles. The normalized spacial score (nSPS) is 10.7. The first-order valence-corrected chi connectivity index (χ1v) is 6.54. The first kappa shape index (κ1) is 13.9. The molecule has 1 heterocycles. The first-order valence-electron chi connectivity index (χ1n) is 6.54.